The molecule has 2 aromatic carbocycles. The van der Waals surface area contributed by atoms with Gasteiger partial charge in [0.05, 0.1) is 26.4 Å². The van der Waals surface area contributed by atoms with E-state index in [-0.39, 0.29) is 12.2 Å². The highest BCUT2D eigenvalue weighted by atomic mass is 16.5. The van der Waals surface area contributed by atoms with Gasteiger partial charge < -0.3 is 18.9 Å². The van der Waals surface area contributed by atoms with E-state index in [1.54, 1.807) is 14.2 Å². The molecule has 0 radical (unpaired) electrons. The zero-order valence-electron chi connectivity index (χ0n) is 18.4. The molecule has 0 aliphatic heterocycles. The number of hydrogen-bond acceptors (Lipinski definition) is 4. The second-order valence-electron chi connectivity index (χ2n) is 7.07. The Morgan fingerprint density at radius 3 is 1.28 bits per heavy atom. The summed E-state index contributed by atoms with van der Waals surface area (Å²) in [5.74, 6) is 1.76. The van der Waals surface area contributed by atoms with Gasteiger partial charge in [-0.3, -0.25) is 0 Å². The van der Waals surface area contributed by atoms with Crippen molar-refractivity contribution < 1.29 is 18.9 Å². The lowest BCUT2D eigenvalue weighted by Gasteiger charge is -2.19. The fourth-order valence-electron chi connectivity index (χ4n) is 3.57. The van der Waals surface area contributed by atoms with E-state index < -0.39 is 0 Å². The monoisotopic (exact) mass is 400 g/mol. The maximum Gasteiger partial charge on any atom is 0.118 e. The van der Waals surface area contributed by atoms with Crippen LogP contribution in [0.5, 0.6) is 11.5 Å². The van der Waals surface area contributed by atoms with Crippen molar-refractivity contribution in [1.29, 1.82) is 0 Å². The van der Waals surface area contributed by atoms with Gasteiger partial charge in [-0.15, -0.1) is 0 Å². The molecule has 29 heavy (non-hydrogen) atoms. The Hall–Kier alpha value is -2.04. The van der Waals surface area contributed by atoms with Crippen molar-refractivity contribution in [2.75, 3.05) is 27.4 Å². The Kier molecular flexibility index (Phi) is 10.6. The van der Waals surface area contributed by atoms with Crippen LogP contribution in [0.15, 0.2) is 48.5 Å². The van der Waals surface area contributed by atoms with Crippen molar-refractivity contribution >= 4 is 0 Å². The van der Waals surface area contributed by atoms with Crippen molar-refractivity contribution in [3.8, 4) is 11.5 Å². The van der Waals surface area contributed by atoms with Gasteiger partial charge >= 0.3 is 0 Å². The van der Waals surface area contributed by atoms with Crippen molar-refractivity contribution in [1.82, 2.24) is 0 Å². The summed E-state index contributed by atoms with van der Waals surface area (Å²) in [5.41, 5.74) is 2.44. The highest BCUT2D eigenvalue weighted by Crippen LogP contribution is 2.28. The van der Waals surface area contributed by atoms with Gasteiger partial charge in [0.1, 0.15) is 11.5 Å². The van der Waals surface area contributed by atoms with Crippen molar-refractivity contribution in [3.63, 3.8) is 0 Å². The van der Waals surface area contributed by atoms with Crippen molar-refractivity contribution in [2.24, 2.45) is 0 Å². The zero-order valence-corrected chi connectivity index (χ0v) is 18.4. The molecule has 0 aliphatic carbocycles. The Morgan fingerprint density at radius 1 is 0.586 bits per heavy atom. The molecule has 4 heteroatoms. The fourth-order valence-corrected chi connectivity index (χ4v) is 3.57. The summed E-state index contributed by atoms with van der Waals surface area (Å²) >= 11 is 0. The molecule has 0 spiro atoms. The maximum atomic E-state index is 5.98. The third kappa shape index (κ3) is 7.71. The van der Waals surface area contributed by atoms with Gasteiger partial charge in [0, 0.05) is 13.2 Å². The fraction of sp³-hybridized carbons (Fsp3) is 0.520. The van der Waals surface area contributed by atoms with Gasteiger partial charge in [0.2, 0.25) is 0 Å². The highest BCUT2D eigenvalue weighted by Gasteiger charge is 2.14. The average Bonchev–Trinajstić information content (AvgIpc) is 2.77. The highest BCUT2D eigenvalue weighted by molar-refractivity contribution is 5.29. The minimum Gasteiger partial charge on any atom is -0.497 e. The third-order valence-electron chi connectivity index (χ3n) is 5.14. The normalized spacial score (nSPS) is 13.1. The second kappa shape index (κ2) is 13.2. The Bertz CT molecular complexity index is 607. The molecule has 0 fully saturated rings. The van der Waals surface area contributed by atoms with Crippen LogP contribution in [-0.4, -0.2) is 27.4 Å². The predicted octanol–water partition coefficient (Wildman–Crippen LogP) is 6.51. The minimum atomic E-state index is 0.148. The van der Waals surface area contributed by atoms with Crippen molar-refractivity contribution in [2.45, 2.75) is 58.2 Å². The SMILES string of the molecule is CCOC(CCCCCC(OCC)c1ccc(OC)cc1)c1ccc(OC)cc1. The molecular formula is C25H36O4. The summed E-state index contributed by atoms with van der Waals surface area (Å²) in [4.78, 5) is 0. The molecule has 4 nitrogen and oxygen atoms in total. The molecule has 0 amide bonds. The Morgan fingerprint density at radius 2 is 0.966 bits per heavy atom. The molecule has 0 aliphatic rings. The summed E-state index contributed by atoms with van der Waals surface area (Å²) in [6, 6.07) is 16.4. The number of benzene rings is 2. The Balaban J connectivity index is 1.81. The topological polar surface area (TPSA) is 36.9 Å². The molecule has 160 valence electrons. The number of unbranched alkanes of at least 4 members (excludes halogenated alkanes) is 2. The summed E-state index contributed by atoms with van der Waals surface area (Å²) in [5, 5.41) is 0. The number of methoxy groups -OCH3 is 2. The molecule has 2 aromatic rings. The lowest BCUT2D eigenvalue weighted by molar-refractivity contribution is 0.0489. The van der Waals surface area contributed by atoms with Crippen LogP contribution in [0.1, 0.15) is 69.3 Å². The molecule has 2 atom stereocenters. The molecule has 2 unspecified atom stereocenters. The molecule has 2 rings (SSSR count). The lowest BCUT2D eigenvalue weighted by Crippen LogP contribution is -2.06. The first-order chi connectivity index (χ1) is 14.2. The van der Waals surface area contributed by atoms with Gasteiger partial charge in [-0.2, -0.15) is 0 Å². The molecule has 0 saturated heterocycles. The standard InChI is InChI=1S/C25H36O4/c1-5-28-24(20-12-16-22(26-3)17-13-20)10-8-7-9-11-25(29-6-2)21-14-18-23(27-4)19-15-21/h12-19,24-25H,5-11H2,1-4H3. The molecule has 0 bridgehead atoms. The van der Waals surface area contributed by atoms with E-state index in [1.807, 2.05) is 24.3 Å². The average molecular weight is 401 g/mol. The molecule has 0 aromatic heterocycles. The van der Waals surface area contributed by atoms with Crippen LogP contribution < -0.4 is 9.47 Å². The first kappa shape index (κ1) is 23.2. The van der Waals surface area contributed by atoms with Crippen LogP contribution in [0.3, 0.4) is 0 Å². The summed E-state index contributed by atoms with van der Waals surface area (Å²) in [6.45, 7) is 5.55. The van der Waals surface area contributed by atoms with Crippen LogP contribution >= 0.6 is 0 Å². The van der Waals surface area contributed by atoms with E-state index in [0.717, 1.165) is 50.4 Å². The maximum absolute atomic E-state index is 5.98. The van der Waals surface area contributed by atoms with Gasteiger partial charge in [-0.25, -0.2) is 0 Å². The van der Waals surface area contributed by atoms with Gasteiger partial charge in [0.15, 0.2) is 0 Å². The molecular weight excluding hydrogens is 364 g/mol. The zero-order chi connectivity index (χ0) is 20.9. The second-order valence-corrected chi connectivity index (χ2v) is 7.07. The van der Waals surface area contributed by atoms with Crippen LogP contribution in [0.2, 0.25) is 0 Å². The number of rotatable bonds is 14. The van der Waals surface area contributed by atoms with E-state index in [0.29, 0.717) is 0 Å². The molecule has 0 heterocycles. The lowest BCUT2D eigenvalue weighted by atomic mass is 9.99. The van der Waals surface area contributed by atoms with Gasteiger partial charge in [-0.1, -0.05) is 43.5 Å². The van der Waals surface area contributed by atoms with E-state index in [2.05, 4.69) is 38.1 Å². The summed E-state index contributed by atoms with van der Waals surface area (Å²) < 4.78 is 22.5. The number of hydrogen-bond donors (Lipinski definition) is 0. The quantitative estimate of drug-likeness (QED) is 0.339. The van der Waals surface area contributed by atoms with Crippen molar-refractivity contribution in [3.05, 3.63) is 59.7 Å². The van der Waals surface area contributed by atoms with E-state index in [4.69, 9.17) is 18.9 Å². The smallest absolute Gasteiger partial charge is 0.118 e. The van der Waals surface area contributed by atoms with Crippen LogP contribution in [0.25, 0.3) is 0 Å². The minimum absolute atomic E-state index is 0.148. The van der Waals surface area contributed by atoms with Crippen LogP contribution in [0.4, 0.5) is 0 Å². The summed E-state index contributed by atoms with van der Waals surface area (Å²) in [6.07, 6.45) is 5.80. The predicted molar refractivity (Wildman–Crippen MR) is 118 cm³/mol. The first-order valence-electron chi connectivity index (χ1n) is 10.7. The molecule has 0 N–H and O–H groups in total. The van der Waals surface area contributed by atoms with Crippen LogP contribution in [-0.2, 0) is 9.47 Å². The van der Waals surface area contributed by atoms with E-state index >= 15 is 0 Å². The molecule has 0 saturated carbocycles. The van der Waals surface area contributed by atoms with E-state index in [9.17, 15) is 0 Å². The van der Waals surface area contributed by atoms with Crippen LogP contribution in [0, 0.1) is 0 Å². The Labute approximate surface area is 176 Å². The number of ether oxygens (including phenoxy) is 4. The first-order valence-corrected chi connectivity index (χ1v) is 10.7. The summed E-state index contributed by atoms with van der Waals surface area (Å²) in [7, 11) is 3.38. The van der Waals surface area contributed by atoms with Gasteiger partial charge in [-0.05, 0) is 62.1 Å². The van der Waals surface area contributed by atoms with Gasteiger partial charge in [0.25, 0.3) is 0 Å². The largest absolute Gasteiger partial charge is 0.497 e. The van der Waals surface area contributed by atoms with E-state index in [1.165, 1.54) is 17.5 Å². The third-order valence-corrected chi connectivity index (χ3v) is 5.14.